The highest BCUT2D eigenvalue weighted by atomic mass is 15.2. The van der Waals surface area contributed by atoms with Crippen LogP contribution in [-0.2, 0) is 5.41 Å². The van der Waals surface area contributed by atoms with Gasteiger partial charge in [0.15, 0.2) is 0 Å². The number of aryl methyl sites for hydroxylation is 1. The molecule has 264 valence electrons. The lowest BCUT2D eigenvalue weighted by Gasteiger charge is -2.39. The first-order valence-electron chi connectivity index (χ1n) is 19.6. The standard InChI is InChI=1S/C52H51N/c1-7-15-47(35(2)3)53(48-23-13-8-16-36(48)4)43-30-32-52(6,33-31-43)51-45-21-12-11-20-44(45)50(46-22-14-17-37(5)49(46)51)40-27-24-39(25-28-40)42-29-26-38-18-9-10-19-41(38)34-42/h8-16,18-32,34-35,37H,7,17,33H2,1-6H3/b47-15+. The van der Waals surface area contributed by atoms with Crippen molar-refractivity contribution in [3.63, 3.8) is 0 Å². The zero-order valence-corrected chi connectivity index (χ0v) is 32.2. The number of nitrogens with zero attached hydrogens (tertiary/aromatic N) is 1. The van der Waals surface area contributed by atoms with Gasteiger partial charge in [0.1, 0.15) is 0 Å². The number of hydrogen-bond donors (Lipinski definition) is 0. The Kier molecular flexibility index (Phi) is 9.29. The molecule has 2 unspecified atom stereocenters. The molecule has 8 rings (SSSR count). The lowest BCUT2D eigenvalue weighted by molar-refractivity contribution is 0.582. The topological polar surface area (TPSA) is 3.24 Å². The smallest absolute Gasteiger partial charge is 0.0487 e. The Labute approximate surface area is 316 Å². The maximum absolute atomic E-state index is 2.52. The van der Waals surface area contributed by atoms with E-state index in [1.165, 1.54) is 83.1 Å². The maximum atomic E-state index is 2.52. The molecular weight excluding hydrogens is 639 g/mol. The van der Waals surface area contributed by atoms with Crippen LogP contribution in [0.2, 0.25) is 0 Å². The van der Waals surface area contributed by atoms with Gasteiger partial charge in [0.25, 0.3) is 0 Å². The van der Waals surface area contributed by atoms with Crippen molar-refractivity contribution in [2.75, 3.05) is 4.90 Å². The third-order valence-electron chi connectivity index (χ3n) is 11.6. The summed E-state index contributed by atoms with van der Waals surface area (Å²) in [6, 6.07) is 42.7. The monoisotopic (exact) mass is 689 g/mol. The van der Waals surface area contributed by atoms with Gasteiger partial charge in [-0.05, 0) is 122 Å². The predicted octanol–water partition coefficient (Wildman–Crippen LogP) is 14.7. The highest BCUT2D eigenvalue weighted by Gasteiger charge is 2.35. The molecule has 0 bridgehead atoms. The van der Waals surface area contributed by atoms with E-state index >= 15 is 0 Å². The summed E-state index contributed by atoms with van der Waals surface area (Å²) < 4.78 is 0. The van der Waals surface area contributed by atoms with Crippen molar-refractivity contribution in [3.05, 3.63) is 179 Å². The molecule has 2 atom stereocenters. The van der Waals surface area contributed by atoms with Crippen LogP contribution in [0.25, 0.3) is 49.9 Å². The van der Waals surface area contributed by atoms with Gasteiger partial charge in [0, 0.05) is 22.5 Å². The van der Waals surface area contributed by atoms with Crippen LogP contribution < -0.4 is 4.90 Å². The fourth-order valence-electron chi connectivity index (χ4n) is 8.91. The quantitative estimate of drug-likeness (QED) is 0.154. The Hall–Kier alpha value is -5.40. The van der Waals surface area contributed by atoms with Crippen LogP contribution in [0.3, 0.4) is 0 Å². The third kappa shape index (κ3) is 6.27. The molecule has 6 aromatic rings. The Morgan fingerprint density at radius 1 is 0.792 bits per heavy atom. The first-order valence-corrected chi connectivity index (χ1v) is 19.6. The van der Waals surface area contributed by atoms with Crippen molar-refractivity contribution in [1.82, 2.24) is 0 Å². The number of para-hydroxylation sites is 1. The molecule has 0 N–H and O–H groups in total. The minimum atomic E-state index is -0.158. The molecule has 6 aromatic carbocycles. The summed E-state index contributed by atoms with van der Waals surface area (Å²) in [5.41, 5.74) is 14.5. The number of rotatable bonds is 8. The molecule has 2 aliphatic rings. The molecule has 0 radical (unpaired) electrons. The molecule has 53 heavy (non-hydrogen) atoms. The van der Waals surface area contributed by atoms with Crippen molar-refractivity contribution >= 4 is 33.3 Å². The summed E-state index contributed by atoms with van der Waals surface area (Å²) in [5, 5.41) is 5.25. The second kappa shape index (κ2) is 14.2. The fraction of sp³-hybridized carbons (Fsp3) is 0.231. The minimum Gasteiger partial charge on any atom is -0.314 e. The number of allylic oxidation sites excluding steroid dienone is 6. The maximum Gasteiger partial charge on any atom is 0.0487 e. The van der Waals surface area contributed by atoms with Gasteiger partial charge in [-0.3, -0.25) is 0 Å². The van der Waals surface area contributed by atoms with Gasteiger partial charge in [-0.15, -0.1) is 0 Å². The van der Waals surface area contributed by atoms with Crippen molar-refractivity contribution in [3.8, 4) is 22.3 Å². The highest BCUT2D eigenvalue weighted by Crippen LogP contribution is 2.50. The fourth-order valence-corrected chi connectivity index (χ4v) is 8.91. The van der Waals surface area contributed by atoms with E-state index in [-0.39, 0.29) is 5.41 Å². The van der Waals surface area contributed by atoms with Gasteiger partial charge in [-0.1, -0.05) is 168 Å². The summed E-state index contributed by atoms with van der Waals surface area (Å²) in [6.45, 7) is 14.0. The summed E-state index contributed by atoms with van der Waals surface area (Å²) >= 11 is 0. The Bertz CT molecular complexity index is 2450. The molecule has 1 heteroatoms. The van der Waals surface area contributed by atoms with Gasteiger partial charge in [-0.2, -0.15) is 0 Å². The Morgan fingerprint density at radius 2 is 1.47 bits per heavy atom. The van der Waals surface area contributed by atoms with Crippen molar-refractivity contribution in [2.45, 2.75) is 72.1 Å². The largest absolute Gasteiger partial charge is 0.314 e. The van der Waals surface area contributed by atoms with Crippen LogP contribution in [0, 0.1) is 12.8 Å². The SMILES string of the molecule is CC/C=C(\C(C)C)N(C1=CCC(C)(c2c3c(c(-c4ccc(-c5ccc6ccccc6c5)cc4)c4ccccc24)C=CCC3C)C=C1)c1ccccc1C. The predicted molar refractivity (Wildman–Crippen MR) is 230 cm³/mol. The van der Waals surface area contributed by atoms with E-state index in [9.17, 15) is 0 Å². The van der Waals surface area contributed by atoms with E-state index in [4.69, 9.17) is 0 Å². The van der Waals surface area contributed by atoms with E-state index in [2.05, 4.69) is 198 Å². The van der Waals surface area contributed by atoms with E-state index in [0.29, 0.717) is 11.8 Å². The number of benzene rings is 6. The van der Waals surface area contributed by atoms with Gasteiger partial charge < -0.3 is 4.90 Å². The van der Waals surface area contributed by atoms with E-state index in [1.54, 1.807) is 0 Å². The molecule has 2 aliphatic carbocycles. The summed E-state index contributed by atoms with van der Waals surface area (Å²) in [4.78, 5) is 2.52. The number of fused-ring (bicyclic) bond motifs is 3. The zero-order chi connectivity index (χ0) is 36.7. The first kappa shape index (κ1) is 34.7. The lowest BCUT2D eigenvalue weighted by atomic mass is 9.67. The van der Waals surface area contributed by atoms with Gasteiger partial charge in [0.2, 0.25) is 0 Å². The molecule has 0 fully saturated rings. The Morgan fingerprint density at radius 3 is 2.19 bits per heavy atom. The van der Waals surface area contributed by atoms with Crippen LogP contribution in [-0.4, -0.2) is 0 Å². The highest BCUT2D eigenvalue weighted by molar-refractivity contribution is 6.05. The summed E-state index contributed by atoms with van der Waals surface area (Å²) in [5.74, 6) is 0.819. The Balaban J connectivity index is 1.24. The second-order valence-corrected chi connectivity index (χ2v) is 15.7. The molecule has 0 spiro atoms. The molecule has 0 heterocycles. The molecule has 0 saturated carbocycles. The molecule has 1 nitrogen and oxygen atoms in total. The third-order valence-corrected chi connectivity index (χ3v) is 11.6. The average Bonchev–Trinajstić information content (AvgIpc) is 3.18. The van der Waals surface area contributed by atoms with Crippen molar-refractivity contribution in [1.29, 1.82) is 0 Å². The molecule has 0 aromatic heterocycles. The van der Waals surface area contributed by atoms with Crippen LogP contribution >= 0.6 is 0 Å². The summed E-state index contributed by atoms with van der Waals surface area (Å²) in [6.07, 6.45) is 17.6. The van der Waals surface area contributed by atoms with Crippen molar-refractivity contribution in [2.24, 2.45) is 5.92 Å². The second-order valence-electron chi connectivity index (χ2n) is 15.7. The van der Waals surface area contributed by atoms with Crippen molar-refractivity contribution < 1.29 is 0 Å². The zero-order valence-electron chi connectivity index (χ0n) is 32.2. The van der Waals surface area contributed by atoms with E-state index < -0.39 is 0 Å². The molecule has 0 amide bonds. The van der Waals surface area contributed by atoms with Crippen LogP contribution in [0.4, 0.5) is 5.69 Å². The van der Waals surface area contributed by atoms with Gasteiger partial charge in [-0.25, -0.2) is 0 Å². The molecule has 0 aliphatic heterocycles. The first-order chi connectivity index (χ1) is 25.8. The number of anilines is 1. The number of hydrogen-bond acceptors (Lipinski definition) is 1. The van der Waals surface area contributed by atoms with E-state index in [0.717, 1.165) is 19.3 Å². The average molecular weight is 690 g/mol. The van der Waals surface area contributed by atoms with Crippen LogP contribution in [0.5, 0.6) is 0 Å². The van der Waals surface area contributed by atoms with Crippen LogP contribution in [0.1, 0.15) is 82.1 Å². The van der Waals surface area contributed by atoms with E-state index in [1.807, 2.05) is 0 Å². The lowest BCUT2D eigenvalue weighted by Crippen LogP contribution is -2.30. The minimum absolute atomic E-state index is 0.158. The normalized spacial score (nSPS) is 18.4. The molecular formula is C52H51N. The molecule has 0 saturated heterocycles. The van der Waals surface area contributed by atoms with Gasteiger partial charge >= 0.3 is 0 Å². The summed E-state index contributed by atoms with van der Waals surface area (Å²) in [7, 11) is 0. The van der Waals surface area contributed by atoms with Crippen LogP contribution in [0.15, 0.2) is 157 Å². The van der Waals surface area contributed by atoms with Gasteiger partial charge in [0.05, 0.1) is 0 Å².